The van der Waals surface area contributed by atoms with E-state index in [1.165, 1.54) is 11.1 Å². The minimum absolute atomic E-state index is 0. The number of ether oxygens (including phenoxy) is 1. The third-order valence-corrected chi connectivity index (χ3v) is 2.46. The minimum Gasteiger partial charge on any atom is -0.493 e. The number of benzene rings is 1. The van der Waals surface area contributed by atoms with Crippen LogP contribution in [0, 0.1) is 0 Å². The number of rotatable bonds is 1. The Morgan fingerprint density at radius 3 is 2.93 bits per heavy atom. The molecule has 0 aliphatic carbocycles. The van der Waals surface area contributed by atoms with Gasteiger partial charge in [-0.15, -0.1) is 12.4 Å². The first kappa shape index (κ1) is 11.3. The van der Waals surface area contributed by atoms with Crippen molar-refractivity contribution in [2.24, 2.45) is 5.73 Å². The van der Waals surface area contributed by atoms with Crippen LogP contribution >= 0.6 is 12.4 Å². The lowest BCUT2D eigenvalue weighted by Gasteiger charge is -2.18. The first-order valence-corrected chi connectivity index (χ1v) is 4.78. The molecule has 0 saturated heterocycles. The van der Waals surface area contributed by atoms with Crippen LogP contribution in [-0.2, 0) is 6.42 Å². The van der Waals surface area contributed by atoms with Crippen molar-refractivity contribution in [3.8, 4) is 5.75 Å². The second kappa shape index (κ2) is 4.67. The van der Waals surface area contributed by atoms with Gasteiger partial charge in [0, 0.05) is 6.04 Å². The van der Waals surface area contributed by atoms with E-state index in [9.17, 15) is 0 Å². The zero-order valence-corrected chi connectivity index (χ0v) is 9.14. The molecular formula is C11H16ClNO. The van der Waals surface area contributed by atoms with E-state index in [4.69, 9.17) is 10.5 Å². The first-order chi connectivity index (χ1) is 6.27. The van der Waals surface area contributed by atoms with Crippen molar-refractivity contribution in [1.82, 2.24) is 0 Å². The number of nitrogens with two attached hydrogens (primary N) is 1. The summed E-state index contributed by atoms with van der Waals surface area (Å²) in [4.78, 5) is 0. The second-order valence-corrected chi connectivity index (χ2v) is 3.61. The van der Waals surface area contributed by atoms with Crippen molar-refractivity contribution in [2.75, 3.05) is 6.61 Å². The largest absolute Gasteiger partial charge is 0.493 e. The molecule has 1 heterocycles. The standard InChI is InChI=1S/C11H15NO.ClH/c1-8(12)9-4-5-11-10(7-9)3-2-6-13-11;/h4-5,7-8H,2-3,6,12H2,1H3;1H. The summed E-state index contributed by atoms with van der Waals surface area (Å²) in [5.41, 5.74) is 8.31. The monoisotopic (exact) mass is 213 g/mol. The van der Waals surface area contributed by atoms with E-state index in [0.717, 1.165) is 25.2 Å². The molecule has 2 nitrogen and oxygen atoms in total. The van der Waals surface area contributed by atoms with Gasteiger partial charge < -0.3 is 10.5 Å². The van der Waals surface area contributed by atoms with Crippen LogP contribution in [0.2, 0.25) is 0 Å². The van der Waals surface area contributed by atoms with Gasteiger partial charge >= 0.3 is 0 Å². The Bertz CT molecular complexity index is 312. The Morgan fingerprint density at radius 1 is 1.43 bits per heavy atom. The zero-order chi connectivity index (χ0) is 9.26. The van der Waals surface area contributed by atoms with Gasteiger partial charge in [-0.3, -0.25) is 0 Å². The van der Waals surface area contributed by atoms with Crippen LogP contribution in [0.4, 0.5) is 0 Å². The summed E-state index contributed by atoms with van der Waals surface area (Å²) >= 11 is 0. The molecule has 1 unspecified atom stereocenters. The van der Waals surface area contributed by atoms with Gasteiger partial charge in [0.05, 0.1) is 6.61 Å². The molecule has 3 heteroatoms. The minimum atomic E-state index is 0. The second-order valence-electron chi connectivity index (χ2n) is 3.61. The number of hydrogen-bond donors (Lipinski definition) is 1. The molecule has 1 aliphatic heterocycles. The Kier molecular flexibility index (Phi) is 3.78. The molecule has 1 atom stereocenters. The molecule has 0 saturated carbocycles. The summed E-state index contributed by atoms with van der Waals surface area (Å²) in [5.74, 6) is 1.04. The van der Waals surface area contributed by atoms with Gasteiger partial charge in [0.25, 0.3) is 0 Å². The highest BCUT2D eigenvalue weighted by atomic mass is 35.5. The molecule has 14 heavy (non-hydrogen) atoms. The van der Waals surface area contributed by atoms with Gasteiger partial charge in [-0.05, 0) is 37.0 Å². The lowest BCUT2D eigenvalue weighted by Crippen LogP contribution is -2.10. The van der Waals surface area contributed by atoms with E-state index in [1.807, 2.05) is 13.0 Å². The van der Waals surface area contributed by atoms with Crippen LogP contribution < -0.4 is 10.5 Å². The van der Waals surface area contributed by atoms with E-state index in [0.29, 0.717) is 0 Å². The van der Waals surface area contributed by atoms with Gasteiger partial charge in [-0.1, -0.05) is 12.1 Å². The maximum atomic E-state index is 5.81. The lowest BCUT2D eigenvalue weighted by atomic mass is 10.0. The van der Waals surface area contributed by atoms with Gasteiger partial charge in [0.1, 0.15) is 5.75 Å². The molecule has 2 N–H and O–H groups in total. The van der Waals surface area contributed by atoms with E-state index in [1.54, 1.807) is 0 Å². The number of fused-ring (bicyclic) bond motifs is 1. The molecule has 2 rings (SSSR count). The topological polar surface area (TPSA) is 35.2 Å². The van der Waals surface area contributed by atoms with Gasteiger partial charge in [0.15, 0.2) is 0 Å². The number of hydrogen-bond acceptors (Lipinski definition) is 2. The Labute approximate surface area is 90.9 Å². The fraction of sp³-hybridized carbons (Fsp3) is 0.455. The highest BCUT2D eigenvalue weighted by Gasteiger charge is 2.11. The van der Waals surface area contributed by atoms with E-state index in [-0.39, 0.29) is 18.4 Å². The average Bonchev–Trinajstić information content (AvgIpc) is 2.17. The van der Waals surface area contributed by atoms with Crippen LogP contribution in [0.1, 0.15) is 30.5 Å². The summed E-state index contributed by atoms with van der Waals surface area (Å²) in [6.45, 7) is 2.86. The fourth-order valence-electron chi connectivity index (χ4n) is 1.66. The average molecular weight is 214 g/mol. The van der Waals surface area contributed by atoms with E-state index < -0.39 is 0 Å². The lowest BCUT2D eigenvalue weighted by molar-refractivity contribution is 0.288. The zero-order valence-electron chi connectivity index (χ0n) is 8.32. The maximum absolute atomic E-state index is 5.81. The molecule has 78 valence electrons. The van der Waals surface area contributed by atoms with Crippen LogP contribution in [0.15, 0.2) is 18.2 Å². The predicted molar refractivity (Wildman–Crippen MR) is 60.1 cm³/mol. The molecule has 0 spiro atoms. The molecular weight excluding hydrogens is 198 g/mol. The summed E-state index contributed by atoms with van der Waals surface area (Å²) in [6, 6.07) is 6.37. The summed E-state index contributed by atoms with van der Waals surface area (Å²) in [7, 11) is 0. The summed E-state index contributed by atoms with van der Waals surface area (Å²) < 4.78 is 5.52. The van der Waals surface area contributed by atoms with Crippen molar-refractivity contribution in [1.29, 1.82) is 0 Å². The van der Waals surface area contributed by atoms with Crippen molar-refractivity contribution < 1.29 is 4.74 Å². The molecule has 0 bridgehead atoms. The summed E-state index contributed by atoms with van der Waals surface area (Å²) in [5, 5.41) is 0. The highest BCUT2D eigenvalue weighted by Crippen LogP contribution is 2.26. The molecule has 1 aromatic rings. The number of halogens is 1. The maximum Gasteiger partial charge on any atom is 0.122 e. The normalized spacial score (nSPS) is 16.1. The van der Waals surface area contributed by atoms with Crippen LogP contribution in [0.5, 0.6) is 5.75 Å². The molecule has 0 fully saturated rings. The van der Waals surface area contributed by atoms with Crippen LogP contribution in [0.3, 0.4) is 0 Å². The molecule has 1 aliphatic rings. The first-order valence-electron chi connectivity index (χ1n) is 4.78. The SMILES string of the molecule is CC(N)c1ccc2c(c1)CCCO2.Cl. The van der Waals surface area contributed by atoms with Crippen LogP contribution in [0.25, 0.3) is 0 Å². The fourth-order valence-corrected chi connectivity index (χ4v) is 1.66. The smallest absolute Gasteiger partial charge is 0.122 e. The van der Waals surface area contributed by atoms with Crippen molar-refractivity contribution in [3.05, 3.63) is 29.3 Å². The third-order valence-electron chi connectivity index (χ3n) is 2.46. The van der Waals surface area contributed by atoms with E-state index >= 15 is 0 Å². The molecule has 1 aromatic carbocycles. The quantitative estimate of drug-likeness (QED) is 0.778. The molecule has 0 aromatic heterocycles. The van der Waals surface area contributed by atoms with Gasteiger partial charge in [-0.25, -0.2) is 0 Å². The molecule has 0 amide bonds. The Hall–Kier alpha value is -0.730. The summed E-state index contributed by atoms with van der Waals surface area (Å²) in [6.07, 6.45) is 2.24. The third kappa shape index (κ3) is 2.20. The van der Waals surface area contributed by atoms with Gasteiger partial charge in [-0.2, -0.15) is 0 Å². The highest BCUT2D eigenvalue weighted by molar-refractivity contribution is 5.85. The van der Waals surface area contributed by atoms with Crippen molar-refractivity contribution >= 4 is 12.4 Å². The Balaban J connectivity index is 0.000000980. The Morgan fingerprint density at radius 2 is 2.21 bits per heavy atom. The molecule has 0 radical (unpaired) electrons. The van der Waals surface area contributed by atoms with Crippen molar-refractivity contribution in [3.63, 3.8) is 0 Å². The predicted octanol–water partition coefficient (Wildman–Crippen LogP) is 2.45. The van der Waals surface area contributed by atoms with Crippen molar-refractivity contribution in [2.45, 2.75) is 25.8 Å². The van der Waals surface area contributed by atoms with E-state index in [2.05, 4.69) is 12.1 Å². The van der Waals surface area contributed by atoms with Gasteiger partial charge in [0.2, 0.25) is 0 Å². The number of aryl methyl sites for hydroxylation is 1. The van der Waals surface area contributed by atoms with Crippen LogP contribution in [-0.4, -0.2) is 6.61 Å².